The van der Waals surface area contributed by atoms with Gasteiger partial charge in [-0.1, -0.05) is 19.4 Å². The van der Waals surface area contributed by atoms with Crippen molar-refractivity contribution >= 4 is 6.41 Å². The van der Waals surface area contributed by atoms with Crippen molar-refractivity contribution < 1.29 is 42.5 Å². The maximum absolute atomic E-state index is 10.1. The Kier molecular flexibility index (Phi) is 9.37. The van der Waals surface area contributed by atoms with Gasteiger partial charge in [-0.15, -0.1) is 12.5 Å². The molecule has 0 aromatic heterocycles. The molecule has 4 heteroatoms. The fourth-order valence-corrected chi connectivity index (χ4v) is 1.84. The van der Waals surface area contributed by atoms with E-state index in [9.17, 15) is 4.79 Å². The van der Waals surface area contributed by atoms with Crippen LogP contribution in [0.15, 0.2) is 22.3 Å². The van der Waals surface area contributed by atoms with E-state index >= 15 is 0 Å². The van der Waals surface area contributed by atoms with Crippen LogP contribution in [-0.4, -0.2) is 6.41 Å². The second-order valence-corrected chi connectivity index (χ2v) is 3.73. The Labute approximate surface area is 123 Å². The SMILES string of the molecule is CC1=C(C)C(C)C([CH-][CH-]NC=O)=C1C.[Li+].[Li+]. The zero-order valence-corrected chi connectivity index (χ0v) is 11.2. The molecule has 0 fully saturated rings. The quantitative estimate of drug-likeness (QED) is 0.218. The summed E-state index contributed by atoms with van der Waals surface area (Å²) in [5.74, 6) is 0.472. The van der Waals surface area contributed by atoms with Crippen LogP contribution < -0.4 is 43.0 Å². The third-order valence-corrected chi connectivity index (χ3v) is 3.13. The zero-order valence-electron chi connectivity index (χ0n) is 11.2. The van der Waals surface area contributed by atoms with E-state index in [-0.39, 0.29) is 37.7 Å². The predicted molar refractivity (Wildman–Crippen MR) is 58.0 cm³/mol. The van der Waals surface area contributed by atoms with Crippen molar-refractivity contribution in [3.8, 4) is 0 Å². The van der Waals surface area contributed by atoms with Crippen molar-refractivity contribution in [3.63, 3.8) is 0 Å². The van der Waals surface area contributed by atoms with E-state index in [2.05, 4.69) is 33.0 Å². The van der Waals surface area contributed by atoms with Gasteiger partial charge in [0.15, 0.2) is 6.41 Å². The number of allylic oxidation sites excluding steroid dienone is 3. The number of hydrogen-bond acceptors (Lipinski definition) is 1. The first-order valence-corrected chi connectivity index (χ1v) is 4.84. The normalized spacial score (nSPS) is 18.9. The van der Waals surface area contributed by atoms with Crippen molar-refractivity contribution in [2.24, 2.45) is 5.92 Å². The van der Waals surface area contributed by atoms with E-state index in [1.807, 2.05) is 6.42 Å². The van der Waals surface area contributed by atoms with Gasteiger partial charge in [-0.05, 0) is 12.8 Å². The third kappa shape index (κ3) is 3.79. The van der Waals surface area contributed by atoms with Gasteiger partial charge in [0.25, 0.3) is 0 Å². The first-order valence-electron chi connectivity index (χ1n) is 4.84. The van der Waals surface area contributed by atoms with Crippen molar-refractivity contribution in [1.82, 2.24) is 5.32 Å². The Morgan fingerprint density at radius 1 is 1.19 bits per heavy atom. The maximum Gasteiger partial charge on any atom is 1.00 e. The Hall–Kier alpha value is 0.0148. The van der Waals surface area contributed by atoms with E-state index in [0.717, 1.165) is 0 Å². The van der Waals surface area contributed by atoms with E-state index in [0.29, 0.717) is 12.3 Å². The summed E-state index contributed by atoms with van der Waals surface area (Å²) in [5, 5.41) is 2.53. The molecule has 0 saturated heterocycles. The molecule has 1 aliphatic rings. The van der Waals surface area contributed by atoms with Gasteiger partial charge in [-0.2, -0.15) is 5.57 Å². The van der Waals surface area contributed by atoms with Crippen LogP contribution >= 0.6 is 0 Å². The van der Waals surface area contributed by atoms with Crippen LogP contribution in [0.5, 0.6) is 0 Å². The summed E-state index contributed by atoms with van der Waals surface area (Å²) >= 11 is 0. The number of carbonyl (C=O) groups excluding carboxylic acids is 1. The zero-order chi connectivity index (χ0) is 10.7. The Bertz CT molecular complexity index is 308. The summed E-state index contributed by atoms with van der Waals surface area (Å²) in [6, 6.07) is 0. The van der Waals surface area contributed by atoms with Gasteiger partial charge in [0.05, 0.1) is 0 Å². The van der Waals surface area contributed by atoms with Gasteiger partial charge in [-0.25, -0.2) is 5.57 Å². The molecule has 0 aliphatic heterocycles. The predicted octanol–water partition coefficient (Wildman–Crippen LogP) is -3.59. The fourth-order valence-electron chi connectivity index (χ4n) is 1.84. The molecule has 0 spiro atoms. The molecule has 2 nitrogen and oxygen atoms in total. The topological polar surface area (TPSA) is 29.1 Å². The van der Waals surface area contributed by atoms with Crippen LogP contribution in [0, 0.1) is 18.9 Å². The standard InChI is InChI=1S/C12H17NO.2Li/c1-8-9(2)11(4)12(10(8)3)5-6-13-7-14;;/h5-7,10H,1-4H3,(H,13,14);;/q-2;2*+1. The molecular weight excluding hydrogens is 188 g/mol. The van der Waals surface area contributed by atoms with Crippen molar-refractivity contribution in [3.05, 3.63) is 35.3 Å². The van der Waals surface area contributed by atoms with Crippen LogP contribution in [-0.2, 0) is 4.79 Å². The van der Waals surface area contributed by atoms with Crippen molar-refractivity contribution in [1.29, 1.82) is 0 Å². The molecule has 1 unspecified atom stereocenters. The van der Waals surface area contributed by atoms with Gasteiger partial charge in [0.2, 0.25) is 0 Å². The number of rotatable bonds is 4. The molecule has 16 heavy (non-hydrogen) atoms. The monoisotopic (exact) mass is 205 g/mol. The van der Waals surface area contributed by atoms with Crippen molar-refractivity contribution in [2.75, 3.05) is 0 Å². The van der Waals surface area contributed by atoms with Crippen LogP contribution in [0.2, 0.25) is 0 Å². The summed E-state index contributed by atoms with van der Waals surface area (Å²) in [6.45, 7) is 10.3. The average Bonchev–Trinajstić information content (AvgIpc) is 2.35. The smallest absolute Gasteiger partial charge is 0.522 e. The number of hydrogen-bond donors (Lipinski definition) is 1. The third-order valence-electron chi connectivity index (χ3n) is 3.13. The largest absolute Gasteiger partial charge is 1.00 e. The maximum atomic E-state index is 10.1. The first kappa shape index (κ1) is 18.4. The van der Waals surface area contributed by atoms with Crippen LogP contribution in [0.4, 0.5) is 0 Å². The molecule has 1 rings (SSSR count). The Morgan fingerprint density at radius 3 is 2.12 bits per heavy atom. The minimum atomic E-state index is 0. The van der Waals surface area contributed by atoms with Gasteiger partial charge < -0.3 is 18.3 Å². The number of carbonyl (C=O) groups is 1. The van der Waals surface area contributed by atoms with Crippen LogP contribution in [0.1, 0.15) is 27.7 Å². The molecule has 0 aromatic rings. The molecule has 1 amide bonds. The minimum absolute atomic E-state index is 0. The fraction of sp³-hybridized carbons (Fsp3) is 0.417. The van der Waals surface area contributed by atoms with E-state index in [4.69, 9.17) is 0 Å². The first-order chi connectivity index (χ1) is 6.59. The molecule has 0 aromatic carbocycles. The molecule has 1 N–H and O–H groups in total. The Morgan fingerprint density at radius 2 is 1.75 bits per heavy atom. The second-order valence-electron chi connectivity index (χ2n) is 3.73. The molecule has 1 aliphatic carbocycles. The van der Waals surface area contributed by atoms with E-state index in [1.54, 1.807) is 6.54 Å². The molecule has 78 valence electrons. The summed E-state index contributed by atoms with van der Waals surface area (Å²) in [4.78, 5) is 10.1. The van der Waals surface area contributed by atoms with E-state index in [1.165, 1.54) is 22.3 Å². The van der Waals surface area contributed by atoms with E-state index < -0.39 is 0 Å². The van der Waals surface area contributed by atoms with Gasteiger partial charge >= 0.3 is 37.7 Å². The van der Waals surface area contributed by atoms with Gasteiger partial charge in [-0.3, -0.25) is 4.79 Å². The molecule has 0 bridgehead atoms. The number of amides is 1. The van der Waals surface area contributed by atoms with Gasteiger partial charge in [0, 0.05) is 0 Å². The Balaban J connectivity index is 0. The summed E-state index contributed by atoms with van der Waals surface area (Å²) < 4.78 is 0. The van der Waals surface area contributed by atoms with Crippen LogP contribution in [0.3, 0.4) is 0 Å². The molecule has 0 radical (unpaired) electrons. The molecule has 1 atom stereocenters. The van der Waals surface area contributed by atoms with Crippen molar-refractivity contribution in [2.45, 2.75) is 27.7 Å². The molecular formula is C12H17Li2NO. The minimum Gasteiger partial charge on any atom is -0.522 e. The summed E-state index contributed by atoms with van der Waals surface area (Å²) in [5.41, 5.74) is 5.44. The second kappa shape index (κ2) is 8.16. The number of nitrogens with one attached hydrogen (secondary N) is 1. The molecule has 0 heterocycles. The molecule has 0 saturated carbocycles. The summed E-state index contributed by atoms with van der Waals surface area (Å²) in [7, 11) is 0. The summed E-state index contributed by atoms with van der Waals surface area (Å²) in [6.07, 6.45) is 2.66. The van der Waals surface area contributed by atoms with Crippen LogP contribution in [0.25, 0.3) is 0 Å². The van der Waals surface area contributed by atoms with Gasteiger partial charge in [0.1, 0.15) is 0 Å². The average molecular weight is 205 g/mol.